The van der Waals surface area contributed by atoms with Gasteiger partial charge in [0, 0.05) is 12.0 Å². The van der Waals surface area contributed by atoms with Gasteiger partial charge >= 0.3 is 0 Å². The average molecular weight is 261 g/mol. The van der Waals surface area contributed by atoms with Crippen LogP contribution in [-0.4, -0.2) is 11.4 Å². The van der Waals surface area contributed by atoms with Gasteiger partial charge in [0.15, 0.2) is 0 Å². The lowest BCUT2D eigenvalue weighted by Gasteiger charge is -2.35. The number of alkyl halides is 1. The average Bonchev–Trinajstić information content (AvgIpc) is 2.36. The van der Waals surface area contributed by atoms with Crippen molar-refractivity contribution < 1.29 is 5.32 Å². The van der Waals surface area contributed by atoms with Crippen LogP contribution in [0.3, 0.4) is 0 Å². The van der Waals surface area contributed by atoms with Crippen molar-refractivity contribution in [2.24, 2.45) is 0 Å². The maximum Gasteiger partial charge on any atom is 0.126 e. The number of rotatable bonds is 1. The Balaban J connectivity index is 2.25. The molecule has 1 nitrogen and oxygen atoms in total. The molecule has 0 unspecified atom stereocenters. The van der Waals surface area contributed by atoms with E-state index in [1.807, 2.05) is 0 Å². The van der Waals surface area contributed by atoms with Crippen molar-refractivity contribution in [2.45, 2.75) is 31.8 Å². The van der Waals surface area contributed by atoms with Gasteiger partial charge in [-0.2, -0.15) is 0 Å². The van der Waals surface area contributed by atoms with Crippen molar-refractivity contribution in [3.63, 3.8) is 0 Å². The van der Waals surface area contributed by atoms with E-state index in [4.69, 9.17) is 11.6 Å². The first kappa shape index (κ1) is 12.0. The molecule has 0 spiro atoms. The first-order valence-corrected chi connectivity index (χ1v) is 7.07. The minimum absolute atomic E-state index is 0.233. The summed E-state index contributed by atoms with van der Waals surface area (Å²) in [4.78, 5) is 0. The molecule has 94 valence electrons. The molecule has 0 aliphatic carbocycles. The minimum atomic E-state index is 0.233. The maximum atomic E-state index is 6.16. The Labute approximate surface area is 113 Å². The molecule has 1 aliphatic heterocycles. The fraction of sp³-hybridized carbons (Fsp3) is 0.375. The molecule has 0 radical (unpaired) electrons. The molecular formula is C16H19ClN+. The molecule has 2 aromatic rings. The number of nitrogens with two attached hydrogens (primary N) is 1. The summed E-state index contributed by atoms with van der Waals surface area (Å²) in [6.45, 7) is 4.61. The van der Waals surface area contributed by atoms with E-state index in [1.165, 1.54) is 21.9 Å². The van der Waals surface area contributed by atoms with E-state index in [0.717, 1.165) is 6.42 Å². The Kier molecular flexibility index (Phi) is 2.84. The van der Waals surface area contributed by atoms with Crippen molar-refractivity contribution in [1.82, 2.24) is 0 Å². The molecule has 1 heterocycles. The van der Waals surface area contributed by atoms with Crippen LogP contribution in [0.5, 0.6) is 0 Å². The number of quaternary nitrogens is 1. The van der Waals surface area contributed by atoms with Crippen LogP contribution in [0, 0.1) is 0 Å². The summed E-state index contributed by atoms with van der Waals surface area (Å²) in [7, 11) is 0. The van der Waals surface area contributed by atoms with Crippen LogP contribution in [0.15, 0.2) is 36.4 Å². The molecule has 2 N–H and O–H groups in total. The number of halogens is 1. The zero-order valence-electron chi connectivity index (χ0n) is 10.9. The highest BCUT2D eigenvalue weighted by molar-refractivity contribution is 6.18. The lowest BCUT2D eigenvalue weighted by Crippen LogP contribution is -2.98. The summed E-state index contributed by atoms with van der Waals surface area (Å²) in [5.41, 5.74) is 3.14. The lowest BCUT2D eigenvalue weighted by molar-refractivity contribution is -0.756. The van der Waals surface area contributed by atoms with E-state index >= 15 is 0 Å². The smallest absolute Gasteiger partial charge is 0.126 e. The SMILES string of the molecule is CC1(C)Cc2c(ccc3ccccc23)[C@@H](CCl)[NH2+]1. The second-order valence-corrected chi connectivity index (χ2v) is 6.26. The van der Waals surface area contributed by atoms with Crippen molar-refractivity contribution in [3.05, 3.63) is 47.5 Å². The molecule has 2 aromatic carbocycles. The van der Waals surface area contributed by atoms with Crippen molar-refractivity contribution in [1.29, 1.82) is 0 Å². The van der Waals surface area contributed by atoms with Gasteiger partial charge in [-0.3, -0.25) is 0 Å². The number of hydrogen-bond donors (Lipinski definition) is 1. The van der Waals surface area contributed by atoms with Gasteiger partial charge in [0.25, 0.3) is 0 Å². The molecule has 0 bridgehead atoms. The van der Waals surface area contributed by atoms with Gasteiger partial charge < -0.3 is 5.32 Å². The Hall–Kier alpha value is -1.05. The van der Waals surface area contributed by atoms with E-state index in [2.05, 4.69) is 55.6 Å². The highest BCUT2D eigenvalue weighted by Gasteiger charge is 2.35. The standard InChI is InChI=1S/C16H18ClN/c1-16(2)9-14-12-6-4-3-5-11(12)7-8-13(14)15(10-17)18-16/h3-8,15,18H,9-10H2,1-2H3/p+1/t15-/m1/s1. The zero-order valence-corrected chi connectivity index (χ0v) is 11.7. The van der Waals surface area contributed by atoms with Gasteiger partial charge in [-0.1, -0.05) is 36.4 Å². The fourth-order valence-electron chi connectivity index (χ4n) is 3.17. The Morgan fingerprint density at radius 2 is 2.00 bits per heavy atom. The van der Waals surface area contributed by atoms with E-state index < -0.39 is 0 Å². The van der Waals surface area contributed by atoms with Gasteiger partial charge in [-0.15, -0.1) is 11.6 Å². The molecule has 0 amide bonds. The number of fused-ring (bicyclic) bond motifs is 3. The first-order chi connectivity index (χ1) is 8.61. The molecule has 0 fully saturated rings. The highest BCUT2D eigenvalue weighted by Crippen LogP contribution is 2.31. The molecule has 0 aromatic heterocycles. The van der Waals surface area contributed by atoms with Crippen LogP contribution in [0.1, 0.15) is 31.0 Å². The van der Waals surface area contributed by atoms with Crippen LogP contribution in [0.4, 0.5) is 0 Å². The van der Waals surface area contributed by atoms with Crippen LogP contribution < -0.4 is 5.32 Å². The van der Waals surface area contributed by atoms with Crippen LogP contribution in [0.25, 0.3) is 10.8 Å². The number of benzene rings is 2. The Morgan fingerprint density at radius 3 is 2.78 bits per heavy atom. The third kappa shape index (κ3) is 1.92. The molecule has 0 saturated carbocycles. The van der Waals surface area contributed by atoms with Crippen LogP contribution in [0.2, 0.25) is 0 Å². The first-order valence-electron chi connectivity index (χ1n) is 6.53. The predicted molar refractivity (Wildman–Crippen MR) is 77.1 cm³/mol. The zero-order chi connectivity index (χ0) is 12.8. The van der Waals surface area contributed by atoms with Gasteiger partial charge in [0.05, 0.1) is 11.4 Å². The van der Waals surface area contributed by atoms with E-state index in [1.54, 1.807) is 0 Å². The quantitative estimate of drug-likeness (QED) is 0.759. The monoisotopic (exact) mass is 260 g/mol. The van der Waals surface area contributed by atoms with Gasteiger partial charge in [0.2, 0.25) is 0 Å². The summed E-state index contributed by atoms with van der Waals surface area (Å²) in [6.07, 6.45) is 1.11. The van der Waals surface area contributed by atoms with Crippen LogP contribution in [-0.2, 0) is 6.42 Å². The topological polar surface area (TPSA) is 16.6 Å². The Morgan fingerprint density at radius 1 is 1.22 bits per heavy atom. The van der Waals surface area contributed by atoms with Gasteiger partial charge in [-0.05, 0) is 30.2 Å². The number of hydrogen-bond acceptors (Lipinski definition) is 0. The van der Waals surface area contributed by atoms with Crippen molar-refractivity contribution in [3.8, 4) is 0 Å². The van der Waals surface area contributed by atoms with Crippen LogP contribution >= 0.6 is 11.6 Å². The summed E-state index contributed by atoms with van der Waals surface area (Å²) >= 11 is 6.16. The second kappa shape index (κ2) is 4.25. The molecule has 0 saturated heterocycles. The molecular weight excluding hydrogens is 242 g/mol. The molecule has 2 heteroatoms. The summed E-state index contributed by atoms with van der Waals surface area (Å²) in [5.74, 6) is 0.675. The van der Waals surface area contributed by atoms with E-state index in [-0.39, 0.29) is 5.54 Å². The molecule has 1 aliphatic rings. The van der Waals surface area contributed by atoms with Gasteiger partial charge in [-0.25, -0.2) is 0 Å². The third-order valence-corrected chi connectivity index (χ3v) is 4.26. The second-order valence-electron chi connectivity index (χ2n) is 5.95. The minimum Gasteiger partial charge on any atom is -0.334 e. The molecule has 1 atom stereocenters. The van der Waals surface area contributed by atoms with E-state index in [0.29, 0.717) is 11.9 Å². The summed E-state index contributed by atoms with van der Waals surface area (Å²) < 4.78 is 0. The molecule has 18 heavy (non-hydrogen) atoms. The lowest BCUT2D eigenvalue weighted by atomic mass is 9.81. The highest BCUT2D eigenvalue weighted by atomic mass is 35.5. The third-order valence-electron chi connectivity index (χ3n) is 3.93. The maximum absolute atomic E-state index is 6.16. The largest absolute Gasteiger partial charge is 0.334 e. The van der Waals surface area contributed by atoms with Crippen molar-refractivity contribution >= 4 is 22.4 Å². The fourth-order valence-corrected chi connectivity index (χ4v) is 3.43. The summed E-state index contributed by atoms with van der Waals surface area (Å²) in [6, 6.07) is 13.5. The Bertz CT molecular complexity index is 589. The summed E-state index contributed by atoms with van der Waals surface area (Å²) in [5, 5.41) is 5.14. The molecule has 3 rings (SSSR count). The normalized spacial score (nSPS) is 21.8. The van der Waals surface area contributed by atoms with Gasteiger partial charge in [0.1, 0.15) is 6.04 Å². The van der Waals surface area contributed by atoms with E-state index in [9.17, 15) is 0 Å². The van der Waals surface area contributed by atoms with Crippen molar-refractivity contribution in [2.75, 3.05) is 5.88 Å². The predicted octanol–water partition coefficient (Wildman–Crippen LogP) is 3.02.